The van der Waals surface area contributed by atoms with E-state index in [0.717, 1.165) is 19.5 Å². The third kappa shape index (κ3) is 2.97. The number of nitrogens with zero attached hydrogens (tertiary/aromatic N) is 1. The molecule has 2 atom stereocenters. The van der Waals surface area contributed by atoms with Crippen LogP contribution in [0.1, 0.15) is 51.9 Å². The van der Waals surface area contributed by atoms with Crippen LogP contribution in [-0.2, 0) is 4.79 Å². The Kier molecular flexibility index (Phi) is 4.22. The van der Waals surface area contributed by atoms with Crippen LogP contribution in [0.2, 0.25) is 0 Å². The van der Waals surface area contributed by atoms with Crippen molar-refractivity contribution in [2.24, 2.45) is 0 Å². The van der Waals surface area contributed by atoms with E-state index in [-0.39, 0.29) is 6.04 Å². The highest BCUT2D eigenvalue weighted by Crippen LogP contribution is 2.17. The average Bonchev–Trinajstić information content (AvgIpc) is 2.56. The highest BCUT2D eigenvalue weighted by Gasteiger charge is 2.28. The molecule has 0 bridgehead atoms. The predicted octanol–water partition coefficient (Wildman–Crippen LogP) is 1.92. The molecule has 2 saturated heterocycles. The lowest BCUT2D eigenvalue weighted by Gasteiger charge is -2.32. The van der Waals surface area contributed by atoms with E-state index in [1.54, 1.807) is 0 Å². The summed E-state index contributed by atoms with van der Waals surface area (Å²) >= 11 is 0. The van der Waals surface area contributed by atoms with Gasteiger partial charge >= 0.3 is 0 Å². The highest BCUT2D eigenvalue weighted by atomic mass is 16.2. The molecule has 3 heteroatoms. The van der Waals surface area contributed by atoms with Gasteiger partial charge in [-0.2, -0.15) is 0 Å². The second kappa shape index (κ2) is 5.67. The first-order valence-electron chi connectivity index (χ1n) is 6.82. The average molecular weight is 224 g/mol. The van der Waals surface area contributed by atoms with Gasteiger partial charge in [0, 0.05) is 19.1 Å². The van der Waals surface area contributed by atoms with Crippen molar-refractivity contribution in [1.82, 2.24) is 10.2 Å². The summed E-state index contributed by atoms with van der Waals surface area (Å²) in [4.78, 5) is 14.4. The molecular weight excluding hydrogens is 200 g/mol. The zero-order valence-electron chi connectivity index (χ0n) is 10.4. The molecule has 0 aromatic carbocycles. The standard InChI is InChI=1S/C13H24N2O/c1-11-7-6-8-12(14-11)13(16)15-9-4-2-3-5-10-15/h11-12,14H,2-10H2,1H3/t11-,12+/m0/s1. The number of amides is 1. The van der Waals surface area contributed by atoms with Crippen LogP contribution in [0.25, 0.3) is 0 Å². The molecular formula is C13H24N2O. The SMILES string of the molecule is C[C@H]1CCC[C@H](C(=O)N2CCCCCC2)N1. The van der Waals surface area contributed by atoms with Gasteiger partial charge < -0.3 is 10.2 Å². The Morgan fingerprint density at radius 1 is 1.06 bits per heavy atom. The monoisotopic (exact) mass is 224 g/mol. The first-order valence-corrected chi connectivity index (χ1v) is 6.82. The zero-order valence-corrected chi connectivity index (χ0v) is 10.4. The molecule has 1 amide bonds. The number of rotatable bonds is 1. The van der Waals surface area contributed by atoms with Crippen molar-refractivity contribution >= 4 is 5.91 Å². The van der Waals surface area contributed by atoms with E-state index < -0.39 is 0 Å². The van der Waals surface area contributed by atoms with Gasteiger partial charge in [-0.25, -0.2) is 0 Å². The Hall–Kier alpha value is -0.570. The lowest BCUT2D eigenvalue weighted by atomic mass is 9.98. The van der Waals surface area contributed by atoms with Crippen molar-refractivity contribution in [3.05, 3.63) is 0 Å². The molecule has 0 unspecified atom stereocenters. The molecule has 0 saturated carbocycles. The number of piperidine rings is 1. The molecule has 3 nitrogen and oxygen atoms in total. The van der Waals surface area contributed by atoms with Crippen LogP contribution in [0.5, 0.6) is 0 Å². The minimum Gasteiger partial charge on any atom is -0.341 e. The number of carbonyl (C=O) groups excluding carboxylic acids is 1. The van der Waals surface area contributed by atoms with Crippen molar-refractivity contribution in [3.8, 4) is 0 Å². The molecule has 0 aromatic rings. The van der Waals surface area contributed by atoms with Gasteiger partial charge in [0.1, 0.15) is 0 Å². The summed E-state index contributed by atoms with van der Waals surface area (Å²) in [5.74, 6) is 0.355. The van der Waals surface area contributed by atoms with Crippen molar-refractivity contribution in [2.45, 2.75) is 64.0 Å². The maximum Gasteiger partial charge on any atom is 0.239 e. The molecule has 92 valence electrons. The minimum absolute atomic E-state index is 0.0989. The van der Waals surface area contributed by atoms with Gasteiger partial charge in [-0.3, -0.25) is 4.79 Å². The number of hydrogen-bond acceptors (Lipinski definition) is 2. The molecule has 1 N–H and O–H groups in total. The van der Waals surface area contributed by atoms with Gasteiger partial charge in [-0.1, -0.05) is 12.8 Å². The van der Waals surface area contributed by atoms with Gasteiger partial charge in [0.2, 0.25) is 5.91 Å². The van der Waals surface area contributed by atoms with Crippen LogP contribution in [0.4, 0.5) is 0 Å². The maximum absolute atomic E-state index is 12.3. The van der Waals surface area contributed by atoms with E-state index in [9.17, 15) is 4.79 Å². The Bertz CT molecular complexity index is 230. The fraction of sp³-hybridized carbons (Fsp3) is 0.923. The summed E-state index contributed by atoms with van der Waals surface area (Å²) in [6, 6.07) is 0.608. The molecule has 0 spiro atoms. The topological polar surface area (TPSA) is 32.3 Å². The number of likely N-dealkylation sites (tertiary alicyclic amines) is 1. The second-order valence-corrected chi connectivity index (χ2v) is 5.29. The summed E-state index contributed by atoms with van der Waals surface area (Å²) in [5, 5.41) is 3.44. The van der Waals surface area contributed by atoms with E-state index >= 15 is 0 Å². The Morgan fingerprint density at radius 3 is 2.38 bits per heavy atom. The normalized spacial score (nSPS) is 32.2. The van der Waals surface area contributed by atoms with Crippen LogP contribution in [0.3, 0.4) is 0 Å². The first kappa shape index (κ1) is 11.9. The largest absolute Gasteiger partial charge is 0.341 e. The molecule has 0 aliphatic carbocycles. The van der Waals surface area contributed by atoms with Crippen LogP contribution >= 0.6 is 0 Å². The highest BCUT2D eigenvalue weighted by molar-refractivity contribution is 5.82. The fourth-order valence-electron chi connectivity index (χ4n) is 2.84. The Labute approximate surface area is 98.6 Å². The van der Waals surface area contributed by atoms with E-state index in [1.807, 2.05) is 0 Å². The maximum atomic E-state index is 12.3. The van der Waals surface area contributed by atoms with Crippen LogP contribution in [0.15, 0.2) is 0 Å². The van der Waals surface area contributed by atoms with E-state index in [4.69, 9.17) is 0 Å². The molecule has 2 aliphatic heterocycles. The predicted molar refractivity (Wildman–Crippen MR) is 65.3 cm³/mol. The van der Waals surface area contributed by atoms with Gasteiger partial charge in [0.15, 0.2) is 0 Å². The molecule has 2 heterocycles. The fourth-order valence-corrected chi connectivity index (χ4v) is 2.84. The van der Waals surface area contributed by atoms with E-state index in [1.165, 1.54) is 38.5 Å². The van der Waals surface area contributed by atoms with Crippen molar-refractivity contribution in [1.29, 1.82) is 0 Å². The molecule has 2 aliphatic rings. The summed E-state index contributed by atoms with van der Waals surface area (Å²) in [6.07, 6.45) is 8.39. The van der Waals surface area contributed by atoms with E-state index in [2.05, 4.69) is 17.1 Å². The molecule has 0 aromatic heterocycles. The van der Waals surface area contributed by atoms with Crippen LogP contribution in [0, 0.1) is 0 Å². The van der Waals surface area contributed by atoms with Crippen molar-refractivity contribution in [3.63, 3.8) is 0 Å². The summed E-state index contributed by atoms with van der Waals surface area (Å²) < 4.78 is 0. The minimum atomic E-state index is 0.0989. The number of nitrogens with one attached hydrogen (secondary N) is 1. The van der Waals surface area contributed by atoms with Crippen LogP contribution < -0.4 is 5.32 Å². The molecule has 0 radical (unpaired) electrons. The van der Waals surface area contributed by atoms with Crippen LogP contribution in [-0.4, -0.2) is 36.0 Å². The lowest BCUT2D eigenvalue weighted by molar-refractivity contribution is -0.134. The Balaban J connectivity index is 1.89. The summed E-state index contributed by atoms with van der Waals surface area (Å²) in [6.45, 7) is 4.14. The second-order valence-electron chi connectivity index (χ2n) is 5.29. The number of carbonyl (C=O) groups is 1. The van der Waals surface area contributed by atoms with Gasteiger partial charge in [-0.15, -0.1) is 0 Å². The molecule has 16 heavy (non-hydrogen) atoms. The van der Waals surface area contributed by atoms with Crippen molar-refractivity contribution < 1.29 is 4.79 Å². The zero-order chi connectivity index (χ0) is 11.4. The molecule has 2 rings (SSSR count). The number of hydrogen-bond donors (Lipinski definition) is 1. The third-order valence-corrected chi connectivity index (χ3v) is 3.83. The quantitative estimate of drug-likeness (QED) is 0.738. The Morgan fingerprint density at radius 2 is 1.75 bits per heavy atom. The van der Waals surface area contributed by atoms with Gasteiger partial charge in [-0.05, 0) is 39.0 Å². The summed E-state index contributed by atoms with van der Waals surface area (Å²) in [7, 11) is 0. The van der Waals surface area contributed by atoms with Gasteiger partial charge in [0.05, 0.1) is 6.04 Å². The smallest absolute Gasteiger partial charge is 0.239 e. The van der Waals surface area contributed by atoms with Crippen molar-refractivity contribution in [2.75, 3.05) is 13.1 Å². The van der Waals surface area contributed by atoms with E-state index in [0.29, 0.717) is 11.9 Å². The third-order valence-electron chi connectivity index (χ3n) is 3.83. The lowest BCUT2D eigenvalue weighted by Crippen LogP contribution is -2.51. The summed E-state index contributed by atoms with van der Waals surface area (Å²) in [5.41, 5.74) is 0. The van der Waals surface area contributed by atoms with Gasteiger partial charge in [0.25, 0.3) is 0 Å². The molecule has 2 fully saturated rings. The first-order chi connectivity index (χ1) is 7.77.